The number of nitrogens with one attached hydrogen (secondary N) is 1. The molecule has 0 spiro atoms. The van der Waals surface area contributed by atoms with Crippen molar-refractivity contribution < 1.29 is 13.2 Å². The maximum absolute atomic E-state index is 12.8. The van der Waals surface area contributed by atoms with Gasteiger partial charge in [0, 0.05) is 44.8 Å². The van der Waals surface area contributed by atoms with E-state index in [1.54, 1.807) is 24.3 Å². The molecule has 7 heteroatoms. The van der Waals surface area contributed by atoms with E-state index in [0.29, 0.717) is 5.56 Å². The lowest BCUT2D eigenvalue weighted by Crippen LogP contribution is -2.49. The van der Waals surface area contributed by atoms with Crippen LogP contribution in [0.2, 0.25) is 0 Å². The molecule has 33 heavy (non-hydrogen) atoms. The highest BCUT2D eigenvalue weighted by Gasteiger charge is 2.28. The Morgan fingerprint density at radius 3 is 2.09 bits per heavy atom. The molecule has 0 bridgehead atoms. The second-order valence-corrected chi connectivity index (χ2v) is 12.1. The first-order valence-corrected chi connectivity index (χ1v) is 13.3. The van der Waals surface area contributed by atoms with E-state index in [4.69, 9.17) is 0 Å². The largest absolute Gasteiger partial charge is 0.336 e. The van der Waals surface area contributed by atoms with Crippen LogP contribution in [0.1, 0.15) is 55.1 Å². The molecule has 1 N–H and O–H groups in total. The van der Waals surface area contributed by atoms with Gasteiger partial charge in [0.15, 0.2) is 0 Å². The van der Waals surface area contributed by atoms with Gasteiger partial charge in [0.1, 0.15) is 0 Å². The van der Waals surface area contributed by atoms with Gasteiger partial charge in [-0.05, 0) is 59.6 Å². The van der Waals surface area contributed by atoms with Crippen molar-refractivity contribution >= 4 is 15.9 Å². The van der Waals surface area contributed by atoms with Gasteiger partial charge in [-0.1, -0.05) is 45.0 Å². The van der Waals surface area contributed by atoms with Crippen LogP contribution in [0.25, 0.3) is 0 Å². The lowest BCUT2D eigenvalue weighted by atomic mass is 9.87. The van der Waals surface area contributed by atoms with Crippen molar-refractivity contribution in [1.82, 2.24) is 14.5 Å². The number of hydrogen-bond donors (Lipinski definition) is 1. The zero-order chi connectivity index (χ0) is 23.6. The molecule has 1 aliphatic carbocycles. The van der Waals surface area contributed by atoms with Gasteiger partial charge in [0.25, 0.3) is 5.91 Å². The van der Waals surface area contributed by atoms with E-state index >= 15 is 0 Å². The summed E-state index contributed by atoms with van der Waals surface area (Å²) >= 11 is 0. The van der Waals surface area contributed by atoms with Crippen LogP contribution in [-0.4, -0.2) is 56.8 Å². The van der Waals surface area contributed by atoms with Crippen molar-refractivity contribution in [2.45, 2.75) is 50.5 Å². The number of piperazine rings is 1. The molecule has 0 radical (unpaired) electrons. The molecule has 0 atom stereocenters. The number of rotatable bonds is 7. The Bertz CT molecular complexity index is 1060. The molecule has 2 aromatic carbocycles. The Balaban J connectivity index is 1.30. The average molecular weight is 470 g/mol. The van der Waals surface area contributed by atoms with Crippen molar-refractivity contribution in [1.29, 1.82) is 0 Å². The van der Waals surface area contributed by atoms with Gasteiger partial charge in [0.05, 0.1) is 4.90 Å². The molecule has 2 aromatic rings. The Morgan fingerprint density at radius 2 is 1.55 bits per heavy atom. The molecule has 6 nitrogen and oxygen atoms in total. The molecule has 1 heterocycles. The minimum Gasteiger partial charge on any atom is -0.336 e. The van der Waals surface area contributed by atoms with Crippen LogP contribution in [0.4, 0.5) is 0 Å². The Morgan fingerprint density at radius 1 is 0.939 bits per heavy atom. The zero-order valence-electron chi connectivity index (χ0n) is 19.9. The number of benzene rings is 2. The smallest absolute Gasteiger partial charge is 0.253 e. The lowest BCUT2D eigenvalue weighted by molar-refractivity contribution is 0.0632. The summed E-state index contributed by atoms with van der Waals surface area (Å²) in [4.78, 5) is 17.5. The molecular formula is C26H35N3O3S. The Hall–Kier alpha value is -2.22. The monoisotopic (exact) mass is 469 g/mol. The van der Waals surface area contributed by atoms with Crippen LogP contribution < -0.4 is 4.72 Å². The lowest BCUT2D eigenvalue weighted by Gasteiger charge is -2.34. The SMILES string of the molecule is CC(C)(C)c1ccc(S(=O)(=O)NCc2ccc(C(=O)N3CCN(CC4CC4)CC3)cc2)cc1. The Kier molecular flexibility index (Phi) is 6.93. The van der Waals surface area contributed by atoms with Gasteiger partial charge in [-0.25, -0.2) is 13.1 Å². The van der Waals surface area contributed by atoms with E-state index < -0.39 is 10.0 Å². The van der Waals surface area contributed by atoms with Crippen molar-refractivity contribution in [3.05, 3.63) is 65.2 Å². The number of carbonyl (C=O) groups is 1. The zero-order valence-corrected chi connectivity index (χ0v) is 20.7. The standard InChI is InChI=1S/C26H35N3O3S/c1-26(2,3)23-10-12-24(13-11-23)33(31,32)27-18-20-6-8-22(9-7-20)25(30)29-16-14-28(15-17-29)19-21-4-5-21/h6-13,21,27H,4-5,14-19H2,1-3H3. The van der Waals surface area contributed by atoms with E-state index in [-0.39, 0.29) is 22.8 Å². The predicted octanol–water partition coefficient (Wildman–Crippen LogP) is 3.63. The normalized spacial score (nSPS) is 17.8. The van der Waals surface area contributed by atoms with E-state index in [1.165, 1.54) is 19.4 Å². The summed E-state index contributed by atoms with van der Waals surface area (Å²) in [6, 6.07) is 14.2. The Labute approximate surface area is 198 Å². The van der Waals surface area contributed by atoms with E-state index in [1.807, 2.05) is 29.2 Å². The summed E-state index contributed by atoms with van der Waals surface area (Å²) in [5.74, 6) is 0.923. The summed E-state index contributed by atoms with van der Waals surface area (Å²) in [5, 5.41) is 0. The van der Waals surface area contributed by atoms with E-state index in [0.717, 1.165) is 43.2 Å². The second-order valence-electron chi connectivity index (χ2n) is 10.3. The average Bonchev–Trinajstić information content (AvgIpc) is 3.62. The molecule has 0 unspecified atom stereocenters. The fourth-order valence-electron chi connectivity index (χ4n) is 4.14. The third kappa shape index (κ3) is 6.22. The number of carbonyl (C=O) groups excluding carboxylic acids is 1. The van der Waals surface area contributed by atoms with Gasteiger partial charge in [-0.3, -0.25) is 9.69 Å². The second kappa shape index (κ2) is 9.57. The van der Waals surface area contributed by atoms with Crippen molar-refractivity contribution in [2.75, 3.05) is 32.7 Å². The molecule has 178 valence electrons. The highest BCUT2D eigenvalue weighted by Crippen LogP contribution is 2.30. The quantitative estimate of drug-likeness (QED) is 0.672. The van der Waals surface area contributed by atoms with Crippen LogP contribution in [0, 0.1) is 5.92 Å². The van der Waals surface area contributed by atoms with Gasteiger partial charge >= 0.3 is 0 Å². The topological polar surface area (TPSA) is 69.7 Å². The molecule has 2 fully saturated rings. The molecular weight excluding hydrogens is 434 g/mol. The number of nitrogens with zero attached hydrogens (tertiary/aromatic N) is 2. The van der Waals surface area contributed by atoms with Crippen LogP contribution in [-0.2, 0) is 22.0 Å². The molecule has 1 saturated heterocycles. The van der Waals surface area contributed by atoms with E-state index in [2.05, 4.69) is 30.4 Å². The van der Waals surface area contributed by atoms with Crippen molar-refractivity contribution in [2.24, 2.45) is 5.92 Å². The molecule has 1 amide bonds. The van der Waals surface area contributed by atoms with E-state index in [9.17, 15) is 13.2 Å². The minimum absolute atomic E-state index is 0.0287. The fraction of sp³-hybridized carbons (Fsp3) is 0.500. The predicted molar refractivity (Wildman–Crippen MR) is 131 cm³/mol. The summed E-state index contributed by atoms with van der Waals surface area (Å²) in [6.45, 7) is 11.1. The van der Waals surface area contributed by atoms with Crippen molar-refractivity contribution in [3.8, 4) is 0 Å². The fourth-order valence-corrected chi connectivity index (χ4v) is 5.16. The summed E-state index contributed by atoms with van der Waals surface area (Å²) < 4.78 is 28.0. The third-order valence-electron chi connectivity index (χ3n) is 6.57. The minimum atomic E-state index is -3.60. The molecule has 1 aliphatic heterocycles. The van der Waals surface area contributed by atoms with Crippen LogP contribution in [0.5, 0.6) is 0 Å². The van der Waals surface area contributed by atoms with Crippen LogP contribution in [0.15, 0.2) is 53.4 Å². The number of hydrogen-bond acceptors (Lipinski definition) is 4. The van der Waals surface area contributed by atoms with Gasteiger partial charge in [0.2, 0.25) is 10.0 Å². The summed E-state index contributed by atoms with van der Waals surface area (Å²) in [7, 11) is -3.60. The first-order chi connectivity index (χ1) is 15.6. The van der Waals surface area contributed by atoms with Crippen molar-refractivity contribution in [3.63, 3.8) is 0 Å². The third-order valence-corrected chi connectivity index (χ3v) is 7.99. The van der Waals surface area contributed by atoms with Crippen LogP contribution in [0.3, 0.4) is 0 Å². The highest BCUT2D eigenvalue weighted by atomic mass is 32.2. The molecule has 4 rings (SSSR count). The summed E-state index contributed by atoms with van der Waals surface area (Å²) in [5.41, 5.74) is 2.52. The maximum Gasteiger partial charge on any atom is 0.253 e. The molecule has 0 aromatic heterocycles. The maximum atomic E-state index is 12.8. The van der Waals surface area contributed by atoms with Crippen LogP contribution >= 0.6 is 0 Å². The molecule has 1 saturated carbocycles. The molecule has 2 aliphatic rings. The highest BCUT2D eigenvalue weighted by molar-refractivity contribution is 7.89. The summed E-state index contributed by atoms with van der Waals surface area (Å²) in [6.07, 6.45) is 2.70. The van der Waals surface area contributed by atoms with Gasteiger partial charge in [-0.2, -0.15) is 0 Å². The van der Waals surface area contributed by atoms with Gasteiger partial charge < -0.3 is 4.90 Å². The first-order valence-electron chi connectivity index (χ1n) is 11.8. The van der Waals surface area contributed by atoms with Gasteiger partial charge in [-0.15, -0.1) is 0 Å². The number of sulfonamides is 1. The first kappa shape index (κ1) is 23.9. The number of amides is 1.